The monoisotopic (exact) mass is 225 g/mol. The van der Waals surface area contributed by atoms with E-state index in [1.54, 1.807) is 0 Å². The molecule has 0 aliphatic carbocycles. The number of aromatic nitrogens is 2. The van der Waals surface area contributed by atoms with Crippen molar-refractivity contribution in [1.29, 1.82) is 0 Å². The molecule has 5 nitrogen and oxygen atoms in total. The van der Waals surface area contributed by atoms with Gasteiger partial charge in [-0.2, -0.15) is 0 Å². The number of H-pyrrole nitrogens is 1. The molecule has 0 unspecified atom stereocenters. The molecule has 0 aromatic carbocycles. The third kappa shape index (κ3) is 2.72. The molecule has 16 heavy (non-hydrogen) atoms. The second-order valence-corrected chi connectivity index (χ2v) is 4.82. The average molecular weight is 225 g/mol. The zero-order chi connectivity index (χ0) is 11.5. The van der Waals surface area contributed by atoms with Crippen LogP contribution in [0.5, 0.6) is 0 Å². The minimum absolute atomic E-state index is 0.449. The number of piperidine rings is 1. The van der Waals surface area contributed by atoms with E-state index in [1.807, 2.05) is 0 Å². The predicted molar refractivity (Wildman–Crippen MR) is 60.3 cm³/mol. The van der Waals surface area contributed by atoms with Crippen LogP contribution in [0.1, 0.15) is 32.5 Å². The van der Waals surface area contributed by atoms with Crippen molar-refractivity contribution in [3.8, 4) is 0 Å². The van der Waals surface area contributed by atoms with E-state index in [2.05, 4.69) is 33.4 Å². The van der Waals surface area contributed by atoms with Gasteiger partial charge >= 0.3 is 5.76 Å². The lowest BCUT2D eigenvalue weighted by Gasteiger charge is -2.34. The lowest BCUT2D eigenvalue weighted by molar-refractivity contribution is 0.148. The highest BCUT2D eigenvalue weighted by Gasteiger charge is 2.21. The van der Waals surface area contributed by atoms with Crippen molar-refractivity contribution in [3.05, 3.63) is 16.4 Å². The fourth-order valence-corrected chi connectivity index (χ4v) is 2.30. The maximum absolute atomic E-state index is 10.8. The molecule has 0 amide bonds. The predicted octanol–water partition coefficient (Wildman–Crippen LogP) is 1.03. The van der Waals surface area contributed by atoms with Crippen LogP contribution in [-0.2, 0) is 6.42 Å². The summed E-state index contributed by atoms with van der Waals surface area (Å²) in [6.07, 6.45) is 3.18. The Labute approximate surface area is 94.8 Å². The first-order valence-electron chi connectivity index (χ1n) is 5.94. The molecule has 0 spiro atoms. The van der Waals surface area contributed by atoms with Gasteiger partial charge in [0.2, 0.25) is 0 Å². The van der Waals surface area contributed by atoms with Gasteiger partial charge in [0.25, 0.3) is 0 Å². The average Bonchev–Trinajstić information content (AvgIpc) is 2.65. The number of hydrogen-bond acceptors (Lipinski definition) is 4. The summed E-state index contributed by atoms with van der Waals surface area (Å²) in [7, 11) is 0. The van der Waals surface area contributed by atoms with Crippen molar-refractivity contribution >= 4 is 0 Å². The Bertz CT molecular complexity index is 375. The zero-order valence-corrected chi connectivity index (χ0v) is 9.90. The lowest BCUT2D eigenvalue weighted by Crippen LogP contribution is -2.38. The summed E-state index contributed by atoms with van der Waals surface area (Å²) in [4.78, 5) is 15.9. The first-order valence-corrected chi connectivity index (χ1v) is 5.94. The summed E-state index contributed by atoms with van der Waals surface area (Å²) >= 11 is 0. The summed E-state index contributed by atoms with van der Waals surface area (Å²) in [6, 6.07) is 0.632. The van der Waals surface area contributed by atoms with Gasteiger partial charge in [0.05, 0.1) is 0 Å². The van der Waals surface area contributed by atoms with E-state index in [-0.39, 0.29) is 0 Å². The lowest BCUT2D eigenvalue weighted by atomic mass is 9.93. The van der Waals surface area contributed by atoms with Crippen molar-refractivity contribution in [3.63, 3.8) is 0 Å². The zero-order valence-electron chi connectivity index (χ0n) is 9.90. The maximum Gasteiger partial charge on any atom is 0.438 e. The van der Waals surface area contributed by atoms with Crippen LogP contribution < -0.4 is 5.76 Å². The highest BCUT2D eigenvalue weighted by atomic mass is 16.5. The Morgan fingerprint density at radius 3 is 2.69 bits per heavy atom. The molecule has 1 aromatic rings. The van der Waals surface area contributed by atoms with Crippen molar-refractivity contribution in [1.82, 2.24) is 15.0 Å². The van der Waals surface area contributed by atoms with Gasteiger partial charge in [0, 0.05) is 12.5 Å². The number of nitrogens with one attached hydrogen (secondary N) is 1. The van der Waals surface area contributed by atoms with Crippen LogP contribution in [0.25, 0.3) is 0 Å². The minimum atomic E-state index is -0.449. The fourth-order valence-electron chi connectivity index (χ4n) is 2.30. The molecular weight excluding hydrogens is 206 g/mol. The van der Waals surface area contributed by atoms with Gasteiger partial charge in [-0.15, -0.1) is 0 Å². The Morgan fingerprint density at radius 1 is 1.50 bits per heavy atom. The van der Waals surface area contributed by atoms with Gasteiger partial charge in [-0.25, -0.2) is 4.79 Å². The third-order valence-electron chi connectivity index (χ3n) is 3.35. The van der Waals surface area contributed by atoms with E-state index in [1.165, 1.54) is 12.8 Å². The quantitative estimate of drug-likeness (QED) is 0.834. The summed E-state index contributed by atoms with van der Waals surface area (Å²) in [5.41, 5.74) is 0. The van der Waals surface area contributed by atoms with Gasteiger partial charge in [-0.1, -0.05) is 5.16 Å². The van der Waals surface area contributed by atoms with E-state index in [9.17, 15) is 4.79 Å². The van der Waals surface area contributed by atoms with Crippen molar-refractivity contribution in [2.45, 2.75) is 39.2 Å². The molecule has 1 saturated heterocycles. The van der Waals surface area contributed by atoms with E-state index >= 15 is 0 Å². The van der Waals surface area contributed by atoms with E-state index < -0.39 is 5.76 Å². The molecule has 1 N–H and O–H groups in total. The van der Waals surface area contributed by atoms with Crippen LogP contribution in [0.3, 0.4) is 0 Å². The van der Waals surface area contributed by atoms with E-state index in [4.69, 9.17) is 0 Å². The SMILES string of the molecule is CC(C)N1CCC(Cc2noc(=O)[nH]2)CC1. The summed E-state index contributed by atoms with van der Waals surface area (Å²) in [6.45, 7) is 6.75. The summed E-state index contributed by atoms with van der Waals surface area (Å²) in [5, 5.41) is 3.71. The molecule has 5 heteroatoms. The Morgan fingerprint density at radius 2 is 2.19 bits per heavy atom. The molecular formula is C11H19N3O2. The van der Waals surface area contributed by atoms with Gasteiger partial charge in [-0.3, -0.25) is 9.51 Å². The smallest absolute Gasteiger partial charge is 0.301 e. The normalized spacial score (nSPS) is 19.4. The third-order valence-corrected chi connectivity index (χ3v) is 3.35. The molecule has 0 radical (unpaired) electrons. The Kier molecular flexibility index (Phi) is 3.43. The maximum atomic E-state index is 10.8. The molecule has 0 saturated carbocycles. The topological polar surface area (TPSA) is 62.1 Å². The van der Waals surface area contributed by atoms with Gasteiger partial charge in [0.15, 0.2) is 5.82 Å². The van der Waals surface area contributed by atoms with Crippen LogP contribution in [0.2, 0.25) is 0 Å². The van der Waals surface area contributed by atoms with Crippen LogP contribution in [-0.4, -0.2) is 34.2 Å². The molecule has 1 aliphatic heterocycles. The molecule has 0 atom stereocenters. The van der Waals surface area contributed by atoms with Gasteiger partial charge < -0.3 is 4.90 Å². The molecule has 1 aliphatic rings. The first kappa shape index (κ1) is 11.4. The Hall–Kier alpha value is -1.10. The second-order valence-electron chi connectivity index (χ2n) is 4.82. The van der Waals surface area contributed by atoms with Gasteiger partial charge in [-0.05, 0) is 45.7 Å². The van der Waals surface area contributed by atoms with Crippen LogP contribution in [0.15, 0.2) is 9.32 Å². The van der Waals surface area contributed by atoms with Crippen molar-refractivity contribution < 1.29 is 4.52 Å². The van der Waals surface area contributed by atoms with Crippen LogP contribution in [0, 0.1) is 5.92 Å². The van der Waals surface area contributed by atoms with Crippen molar-refractivity contribution in [2.24, 2.45) is 5.92 Å². The highest BCUT2D eigenvalue weighted by Crippen LogP contribution is 2.21. The standard InChI is InChI=1S/C11H19N3O2/c1-8(2)14-5-3-9(4-6-14)7-10-12-11(15)16-13-10/h8-9H,3-7H2,1-2H3,(H,12,13,15). The van der Waals surface area contributed by atoms with Gasteiger partial charge in [0.1, 0.15) is 0 Å². The summed E-state index contributed by atoms with van der Waals surface area (Å²) in [5.74, 6) is 0.860. The number of likely N-dealkylation sites (tertiary alicyclic amines) is 1. The fraction of sp³-hybridized carbons (Fsp3) is 0.818. The minimum Gasteiger partial charge on any atom is -0.301 e. The van der Waals surface area contributed by atoms with E-state index in [0.717, 1.165) is 19.5 Å². The van der Waals surface area contributed by atoms with E-state index in [0.29, 0.717) is 17.8 Å². The molecule has 0 bridgehead atoms. The van der Waals surface area contributed by atoms with Crippen LogP contribution in [0.4, 0.5) is 0 Å². The second kappa shape index (κ2) is 4.82. The molecule has 2 heterocycles. The number of rotatable bonds is 3. The molecule has 1 aromatic heterocycles. The van der Waals surface area contributed by atoms with Crippen LogP contribution >= 0.6 is 0 Å². The van der Waals surface area contributed by atoms with Crippen molar-refractivity contribution in [2.75, 3.05) is 13.1 Å². The Balaban J connectivity index is 1.83. The molecule has 1 fully saturated rings. The molecule has 90 valence electrons. The number of nitrogens with zero attached hydrogens (tertiary/aromatic N) is 2. The summed E-state index contributed by atoms with van der Waals surface area (Å²) < 4.78 is 4.49. The first-order chi connectivity index (χ1) is 7.65. The number of aromatic amines is 1. The highest BCUT2D eigenvalue weighted by molar-refractivity contribution is 4.85. The largest absolute Gasteiger partial charge is 0.438 e. The molecule has 2 rings (SSSR count). The number of hydrogen-bond donors (Lipinski definition) is 1.